The molecule has 1 aromatic carbocycles. The summed E-state index contributed by atoms with van der Waals surface area (Å²) in [5, 5.41) is 16.8. The van der Waals surface area contributed by atoms with Crippen LogP contribution < -0.4 is 5.56 Å². The van der Waals surface area contributed by atoms with E-state index in [1.165, 1.54) is 24.3 Å². The van der Waals surface area contributed by atoms with E-state index in [0.29, 0.717) is 5.56 Å². The molecule has 0 bridgehead atoms. The van der Waals surface area contributed by atoms with Gasteiger partial charge in [0.05, 0.1) is 0 Å². The molecule has 100 valence electrons. The van der Waals surface area contributed by atoms with Crippen molar-refractivity contribution in [1.82, 2.24) is 20.3 Å². The van der Waals surface area contributed by atoms with Crippen molar-refractivity contribution in [2.45, 2.75) is 0 Å². The van der Waals surface area contributed by atoms with Gasteiger partial charge < -0.3 is 5.11 Å². The molecule has 0 saturated heterocycles. The van der Waals surface area contributed by atoms with E-state index >= 15 is 0 Å². The molecule has 0 aliphatic heterocycles. The molecule has 2 aromatic heterocycles. The highest BCUT2D eigenvalue weighted by Gasteiger charge is 2.08. The molecule has 7 nitrogen and oxygen atoms in total. The Kier molecular flexibility index (Phi) is 2.75. The van der Waals surface area contributed by atoms with E-state index in [2.05, 4.69) is 24.9 Å². The first-order chi connectivity index (χ1) is 9.63. The van der Waals surface area contributed by atoms with Crippen molar-refractivity contribution in [3.8, 4) is 0 Å². The van der Waals surface area contributed by atoms with Crippen LogP contribution in [0.3, 0.4) is 0 Å². The molecule has 20 heavy (non-hydrogen) atoms. The summed E-state index contributed by atoms with van der Waals surface area (Å²) in [7, 11) is 0. The highest BCUT2D eigenvalue weighted by Crippen LogP contribution is 2.14. The van der Waals surface area contributed by atoms with Gasteiger partial charge in [-0.1, -0.05) is 0 Å². The standard InChI is InChI=1S/C12H7FN4O3/c13-7-3-1-6(2-4-7)9(18)5-8-12(19)15-11-10(14-8)16-20-17-11/h1-5,18H,(H,15,17,19). The Morgan fingerprint density at radius 2 is 2.05 bits per heavy atom. The molecule has 0 fully saturated rings. The van der Waals surface area contributed by atoms with Gasteiger partial charge in [-0.05, 0) is 34.6 Å². The lowest BCUT2D eigenvalue weighted by molar-refractivity contribution is 0.314. The lowest BCUT2D eigenvalue weighted by Gasteiger charge is -1.99. The minimum atomic E-state index is -0.554. The Hall–Kier alpha value is -3.03. The molecule has 2 heterocycles. The van der Waals surface area contributed by atoms with E-state index in [0.717, 1.165) is 6.08 Å². The van der Waals surface area contributed by atoms with E-state index in [4.69, 9.17) is 0 Å². The third-order valence-electron chi connectivity index (χ3n) is 2.58. The van der Waals surface area contributed by atoms with E-state index in [-0.39, 0.29) is 22.7 Å². The quantitative estimate of drug-likeness (QED) is 0.686. The van der Waals surface area contributed by atoms with Crippen molar-refractivity contribution >= 4 is 23.1 Å². The Morgan fingerprint density at radius 1 is 1.30 bits per heavy atom. The first kappa shape index (κ1) is 12.0. The number of aliphatic hydroxyl groups excluding tert-OH is 1. The SMILES string of the molecule is O=c1[nH]c2nonc2nc1C=C(O)c1ccc(F)cc1. The summed E-state index contributed by atoms with van der Waals surface area (Å²) in [6.45, 7) is 0. The van der Waals surface area contributed by atoms with Crippen molar-refractivity contribution in [1.29, 1.82) is 0 Å². The monoisotopic (exact) mass is 274 g/mol. The second-order valence-corrected chi connectivity index (χ2v) is 3.92. The van der Waals surface area contributed by atoms with Gasteiger partial charge in [0.1, 0.15) is 17.3 Å². The lowest BCUT2D eigenvalue weighted by Crippen LogP contribution is -2.12. The number of aliphatic hydroxyl groups is 1. The molecule has 8 heteroatoms. The van der Waals surface area contributed by atoms with Crippen molar-refractivity contribution in [2.24, 2.45) is 0 Å². The largest absolute Gasteiger partial charge is 0.507 e. The number of benzene rings is 1. The zero-order chi connectivity index (χ0) is 14.1. The number of aromatic amines is 1. The number of rotatable bonds is 2. The summed E-state index contributed by atoms with van der Waals surface area (Å²) < 4.78 is 17.2. The molecular formula is C12H7FN4O3. The van der Waals surface area contributed by atoms with Crippen LogP contribution in [0.1, 0.15) is 11.3 Å². The van der Waals surface area contributed by atoms with Gasteiger partial charge in [0.15, 0.2) is 0 Å². The topological polar surface area (TPSA) is 105 Å². The van der Waals surface area contributed by atoms with Crippen molar-refractivity contribution < 1.29 is 14.1 Å². The van der Waals surface area contributed by atoms with Crippen LogP contribution in [0, 0.1) is 5.82 Å². The smallest absolute Gasteiger partial charge is 0.275 e. The van der Waals surface area contributed by atoms with Crippen LogP contribution >= 0.6 is 0 Å². The molecule has 3 aromatic rings. The maximum absolute atomic E-state index is 12.8. The van der Waals surface area contributed by atoms with Crippen LogP contribution in [0.4, 0.5) is 4.39 Å². The van der Waals surface area contributed by atoms with Gasteiger partial charge >= 0.3 is 0 Å². The highest BCUT2D eigenvalue weighted by molar-refractivity contribution is 5.76. The summed E-state index contributed by atoms with van der Waals surface area (Å²) in [4.78, 5) is 18.0. The number of fused-ring (bicyclic) bond motifs is 1. The van der Waals surface area contributed by atoms with Crippen molar-refractivity contribution in [2.75, 3.05) is 0 Å². The van der Waals surface area contributed by atoms with E-state index in [1.54, 1.807) is 0 Å². The van der Waals surface area contributed by atoms with Gasteiger partial charge in [-0.2, -0.15) is 0 Å². The summed E-state index contributed by atoms with van der Waals surface area (Å²) >= 11 is 0. The van der Waals surface area contributed by atoms with Gasteiger partial charge in [-0.3, -0.25) is 9.78 Å². The van der Waals surface area contributed by atoms with Crippen LogP contribution in [0.5, 0.6) is 0 Å². The van der Waals surface area contributed by atoms with E-state index < -0.39 is 11.4 Å². The molecular weight excluding hydrogens is 267 g/mol. The molecule has 0 amide bonds. The van der Waals surface area contributed by atoms with Crippen LogP contribution in [0.2, 0.25) is 0 Å². The zero-order valence-electron chi connectivity index (χ0n) is 9.87. The van der Waals surface area contributed by atoms with Crippen molar-refractivity contribution in [3.63, 3.8) is 0 Å². The zero-order valence-corrected chi connectivity index (χ0v) is 9.87. The molecule has 0 unspecified atom stereocenters. The predicted molar refractivity (Wildman–Crippen MR) is 67.1 cm³/mol. The van der Waals surface area contributed by atoms with Gasteiger partial charge in [-0.25, -0.2) is 14.0 Å². The molecule has 0 saturated carbocycles. The summed E-state index contributed by atoms with van der Waals surface area (Å²) in [6, 6.07) is 5.15. The number of hydrogen-bond acceptors (Lipinski definition) is 6. The number of aromatic nitrogens is 4. The number of nitrogens with zero attached hydrogens (tertiary/aromatic N) is 3. The molecule has 0 atom stereocenters. The van der Waals surface area contributed by atoms with E-state index in [1.807, 2.05) is 0 Å². The summed E-state index contributed by atoms with van der Waals surface area (Å²) in [5.74, 6) is -0.647. The third-order valence-corrected chi connectivity index (χ3v) is 2.58. The predicted octanol–water partition coefficient (Wildman–Crippen LogP) is 1.50. The minimum absolute atomic E-state index is 0.0602. The second kappa shape index (κ2) is 4.57. The third kappa shape index (κ3) is 2.14. The first-order valence-corrected chi connectivity index (χ1v) is 5.53. The Bertz CT molecular complexity index is 851. The maximum Gasteiger partial charge on any atom is 0.275 e. The number of hydrogen-bond donors (Lipinski definition) is 2. The van der Waals surface area contributed by atoms with Crippen molar-refractivity contribution in [3.05, 3.63) is 51.7 Å². The van der Waals surface area contributed by atoms with Gasteiger partial charge in [0, 0.05) is 11.6 Å². The Labute approximate surface area is 110 Å². The van der Waals surface area contributed by atoms with Crippen LogP contribution in [-0.2, 0) is 0 Å². The average Bonchev–Trinajstić information content (AvgIpc) is 2.87. The van der Waals surface area contributed by atoms with Crippen LogP contribution in [-0.4, -0.2) is 25.4 Å². The number of nitrogens with one attached hydrogen (secondary N) is 1. The lowest BCUT2D eigenvalue weighted by atomic mass is 10.1. The molecule has 0 spiro atoms. The van der Waals surface area contributed by atoms with Crippen LogP contribution in [0.15, 0.2) is 33.7 Å². The molecule has 2 N–H and O–H groups in total. The van der Waals surface area contributed by atoms with Crippen LogP contribution in [0.25, 0.3) is 23.1 Å². The number of H-pyrrole nitrogens is 1. The number of halogens is 1. The van der Waals surface area contributed by atoms with E-state index in [9.17, 15) is 14.3 Å². The fourth-order valence-electron chi connectivity index (χ4n) is 1.60. The molecule has 0 aliphatic carbocycles. The second-order valence-electron chi connectivity index (χ2n) is 3.92. The molecule has 3 rings (SSSR count). The van der Waals surface area contributed by atoms with Gasteiger partial charge in [0.2, 0.25) is 11.3 Å². The Morgan fingerprint density at radius 3 is 2.80 bits per heavy atom. The Balaban J connectivity index is 2.06. The average molecular weight is 274 g/mol. The highest BCUT2D eigenvalue weighted by atomic mass is 19.1. The summed E-state index contributed by atoms with van der Waals surface area (Å²) in [6.07, 6.45) is 1.15. The van der Waals surface area contributed by atoms with Gasteiger partial charge in [-0.15, -0.1) is 0 Å². The van der Waals surface area contributed by atoms with Gasteiger partial charge in [0.25, 0.3) is 5.56 Å². The first-order valence-electron chi connectivity index (χ1n) is 5.53. The molecule has 0 radical (unpaired) electrons. The maximum atomic E-state index is 12.8. The minimum Gasteiger partial charge on any atom is -0.507 e. The normalized spacial score (nSPS) is 11.9. The fraction of sp³-hybridized carbons (Fsp3) is 0. The molecule has 0 aliphatic rings. The summed E-state index contributed by atoms with van der Waals surface area (Å²) in [5.41, 5.74) is -0.0287. The fourth-order valence-corrected chi connectivity index (χ4v) is 1.60.